The lowest BCUT2D eigenvalue weighted by atomic mass is 9.77. The Morgan fingerprint density at radius 1 is 0.854 bits per heavy atom. The molecular weight excluding hydrogens is 596 g/mol. The Balaban J connectivity index is 1.51. The predicted molar refractivity (Wildman–Crippen MR) is 197 cm³/mol. The van der Waals surface area contributed by atoms with Crippen LogP contribution in [0, 0.1) is 11.3 Å². The average molecular weight is 655 g/mol. The number of esters is 1. The molecule has 1 aliphatic carbocycles. The molecule has 0 radical (unpaired) electrons. The minimum atomic E-state index is -0.723. The molecule has 1 fully saturated rings. The lowest BCUT2D eigenvalue weighted by Crippen LogP contribution is -2.35. The van der Waals surface area contributed by atoms with Gasteiger partial charge < -0.3 is 19.7 Å². The van der Waals surface area contributed by atoms with E-state index in [2.05, 4.69) is 75.0 Å². The number of rotatable bonds is 18. The molecule has 3 aromatic carbocycles. The minimum Gasteiger partial charge on any atom is -0.493 e. The molecule has 5 nitrogen and oxygen atoms in total. The summed E-state index contributed by atoms with van der Waals surface area (Å²) in [5.74, 6) is 1.85. The van der Waals surface area contributed by atoms with E-state index in [1.54, 1.807) is 6.92 Å². The van der Waals surface area contributed by atoms with E-state index in [4.69, 9.17) is 9.47 Å². The Hall–Kier alpha value is -3.41. The van der Waals surface area contributed by atoms with Crippen molar-refractivity contribution < 1.29 is 24.5 Å². The third kappa shape index (κ3) is 9.83. The SMILES string of the molecule is C=C(C)C(=O)OCCc1cc(-c2ccc(-c3ccc(C4CCC(CCCCC)CC4)cc3)cc2CC)ccc1OCC(CC)(CO)CO. The second-order valence-corrected chi connectivity index (χ2v) is 14.0. The van der Waals surface area contributed by atoms with E-state index in [0.29, 0.717) is 30.1 Å². The fourth-order valence-corrected chi connectivity index (χ4v) is 6.92. The van der Waals surface area contributed by atoms with Crippen molar-refractivity contribution in [3.63, 3.8) is 0 Å². The van der Waals surface area contributed by atoms with Crippen LogP contribution in [0.25, 0.3) is 22.3 Å². The van der Waals surface area contributed by atoms with E-state index in [-0.39, 0.29) is 26.4 Å². The molecule has 4 rings (SSSR count). The van der Waals surface area contributed by atoms with Crippen molar-refractivity contribution in [1.29, 1.82) is 0 Å². The summed E-state index contributed by atoms with van der Waals surface area (Å²) in [5.41, 5.74) is 7.97. The van der Waals surface area contributed by atoms with E-state index >= 15 is 0 Å². The molecule has 0 saturated heterocycles. The lowest BCUT2D eigenvalue weighted by molar-refractivity contribution is -0.138. The number of aryl methyl sites for hydroxylation is 1. The fourth-order valence-electron chi connectivity index (χ4n) is 6.92. The highest BCUT2D eigenvalue weighted by atomic mass is 16.5. The number of carbonyl (C=O) groups is 1. The van der Waals surface area contributed by atoms with Crippen LogP contribution in [0.5, 0.6) is 5.75 Å². The van der Waals surface area contributed by atoms with Gasteiger partial charge in [0.2, 0.25) is 0 Å². The average Bonchev–Trinajstić information content (AvgIpc) is 3.13. The molecule has 0 atom stereocenters. The van der Waals surface area contributed by atoms with Crippen molar-refractivity contribution in [1.82, 2.24) is 0 Å². The summed E-state index contributed by atoms with van der Waals surface area (Å²) in [4.78, 5) is 12.1. The molecule has 260 valence electrons. The number of aliphatic hydroxyl groups is 2. The third-order valence-corrected chi connectivity index (χ3v) is 10.5. The van der Waals surface area contributed by atoms with Crippen molar-refractivity contribution in [2.45, 2.75) is 104 Å². The first-order valence-corrected chi connectivity index (χ1v) is 18.3. The summed E-state index contributed by atoms with van der Waals surface area (Å²) in [6.07, 6.45) is 12.8. The Kier molecular flexibility index (Phi) is 14.3. The summed E-state index contributed by atoms with van der Waals surface area (Å²) in [6, 6.07) is 22.1. The monoisotopic (exact) mass is 654 g/mol. The van der Waals surface area contributed by atoms with Gasteiger partial charge in [-0.3, -0.25) is 0 Å². The maximum absolute atomic E-state index is 12.1. The summed E-state index contributed by atoms with van der Waals surface area (Å²) in [6.45, 7) is 11.8. The maximum atomic E-state index is 12.1. The number of carbonyl (C=O) groups excluding carboxylic acids is 1. The number of unbranched alkanes of at least 4 members (excludes halogenated alkanes) is 2. The lowest BCUT2D eigenvalue weighted by Gasteiger charge is -2.29. The van der Waals surface area contributed by atoms with Gasteiger partial charge in [0.1, 0.15) is 5.75 Å². The van der Waals surface area contributed by atoms with Crippen LogP contribution in [0.1, 0.15) is 108 Å². The van der Waals surface area contributed by atoms with Crippen LogP contribution < -0.4 is 4.74 Å². The Bertz CT molecular complexity index is 1450. The van der Waals surface area contributed by atoms with Crippen LogP contribution in [0.3, 0.4) is 0 Å². The molecule has 3 aromatic rings. The van der Waals surface area contributed by atoms with Gasteiger partial charge in [-0.2, -0.15) is 0 Å². The molecule has 0 unspecified atom stereocenters. The van der Waals surface area contributed by atoms with Crippen LogP contribution in [0.4, 0.5) is 0 Å². The highest BCUT2D eigenvalue weighted by Crippen LogP contribution is 2.39. The van der Waals surface area contributed by atoms with Crippen molar-refractivity contribution in [2.24, 2.45) is 11.3 Å². The largest absolute Gasteiger partial charge is 0.493 e. The van der Waals surface area contributed by atoms with Gasteiger partial charge in [0, 0.05) is 12.0 Å². The number of hydrogen-bond donors (Lipinski definition) is 2. The summed E-state index contributed by atoms with van der Waals surface area (Å²) < 4.78 is 11.6. The first kappa shape index (κ1) is 37.4. The van der Waals surface area contributed by atoms with Crippen molar-refractivity contribution in [3.05, 3.63) is 89.5 Å². The highest BCUT2D eigenvalue weighted by Gasteiger charge is 2.28. The van der Waals surface area contributed by atoms with Crippen LogP contribution in [-0.2, 0) is 22.4 Å². The zero-order chi connectivity index (χ0) is 34.5. The van der Waals surface area contributed by atoms with Crippen molar-refractivity contribution in [3.8, 4) is 28.0 Å². The molecule has 48 heavy (non-hydrogen) atoms. The van der Waals surface area contributed by atoms with Crippen molar-refractivity contribution >= 4 is 5.97 Å². The first-order valence-electron chi connectivity index (χ1n) is 18.3. The Labute approximate surface area is 289 Å². The van der Waals surface area contributed by atoms with E-state index < -0.39 is 11.4 Å². The van der Waals surface area contributed by atoms with Crippen LogP contribution >= 0.6 is 0 Å². The highest BCUT2D eigenvalue weighted by molar-refractivity contribution is 5.86. The zero-order valence-corrected chi connectivity index (χ0v) is 29.9. The molecule has 1 saturated carbocycles. The van der Waals surface area contributed by atoms with Crippen LogP contribution in [0.15, 0.2) is 72.8 Å². The molecule has 0 aliphatic heterocycles. The Morgan fingerprint density at radius 3 is 2.15 bits per heavy atom. The maximum Gasteiger partial charge on any atom is 0.333 e. The van der Waals surface area contributed by atoms with Gasteiger partial charge in [-0.05, 0) is 108 Å². The van der Waals surface area contributed by atoms with E-state index in [9.17, 15) is 15.0 Å². The van der Waals surface area contributed by atoms with Crippen LogP contribution in [-0.4, -0.2) is 42.6 Å². The molecule has 0 bridgehead atoms. The molecule has 0 amide bonds. The second-order valence-electron chi connectivity index (χ2n) is 14.0. The smallest absolute Gasteiger partial charge is 0.333 e. The number of hydrogen-bond acceptors (Lipinski definition) is 5. The third-order valence-electron chi connectivity index (χ3n) is 10.5. The number of ether oxygens (including phenoxy) is 2. The van der Waals surface area contributed by atoms with Crippen molar-refractivity contribution in [2.75, 3.05) is 26.4 Å². The Morgan fingerprint density at radius 2 is 1.52 bits per heavy atom. The quantitative estimate of drug-likeness (QED) is 0.0811. The second kappa shape index (κ2) is 18.4. The minimum absolute atomic E-state index is 0.168. The predicted octanol–water partition coefficient (Wildman–Crippen LogP) is 9.86. The van der Waals surface area contributed by atoms with Gasteiger partial charge in [-0.25, -0.2) is 4.79 Å². The molecule has 5 heteroatoms. The van der Waals surface area contributed by atoms with Crippen LogP contribution in [0.2, 0.25) is 0 Å². The van der Waals surface area contributed by atoms with E-state index in [1.807, 2.05) is 13.0 Å². The fraction of sp³-hybridized carbons (Fsp3) is 0.512. The van der Waals surface area contributed by atoms with Gasteiger partial charge in [-0.1, -0.05) is 102 Å². The number of benzene rings is 3. The number of aliphatic hydroxyl groups excluding tert-OH is 2. The van der Waals surface area contributed by atoms with E-state index in [1.165, 1.54) is 73.6 Å². The van der Waals surface area contributed by atoms with Gasteiger partial charge in [0.15, 0.2) is 0 Å². The molecular formula is C43H58O5. The molecule has 0 heterocycles. The first-order chi connectivity index (χ1) is 23.3. The normalized spacial score (nSPS) is 16.5. The molecule has 0 spiro atoms. The summed E-state index contributed by atoms with van der Waals surface area (Å²) in [5, 5.41) is 19.9. The van der Waals surface area contributed by atoms with Gasteiger partial charge in [0.25, 0.3) is 0 Å². The zero-order valence-electron chi connectivity index (χ0n) is 29.9. The standard InChI is InChI=1S/C43H58O5/c1-6-9-10-11-32-12-14-34(15-13-32)35-16-18-36(19-17-35)37-20-22-40(33(7-2)26-37)38-21-23-41(48-30-43(8-3,28-44)29-45)39(27-38)24-25-47-42(46)31(4)5/h16-23,26-27,32,34,44-45H,4,6-15,24-25,28-30H2,1-3,5H3. The molecule has 1 aliphatic rings. The molecule has 2 N–H and O–H groups in total. The topological polar surface area (TPSA) is 76.0 Å². The van der Waals surface area contributed by atoms with E-state index in [0.717, 1.165) is 29.0 Å². The summed E-state index contributed by atoms with van der Waals surface area (Å²) >= 11 is 0. The van der Waals surface area contributed by atoms with Gasteiger partial charge >= 0.3 is 5.97 Å². The molecule has 0 aromatic heterocycles. The van der Waals surface area contributed by atoms with Gasteiger partial charge in [-0.15, -0.1) is 0 Å². The summed E-state index contributed by atoms with van der Waals surface area (Å²) in [7, 11) is 0. The van der Waals surface area contributed by atoms with Gasteiger partial charge in [0.05, 0.1) is 31.8 Å².